The van der Waals surface area contributed by atoms with Crippen LogP contribution in [0.4, 0.5) is 5.69 Å². The van der Waals surface area contributed by atoms with Gasteiger partial charge >= 0.3 is 5.76 Å². The third-order valence-corrected chi connectivity index (χ3v) is 10.3. The monoisotopic (exact) mass is 560 g/mol. The van der Waals surface area contributed by atoms with Gasteiger partial charge in [0.1, 0.15) is 0 Å². The van der Waals surface area contributed by atoms with Gasteiger partial charge in [0.05, 0.1) is 6.20 Å². The van der Waals surface area contributed by atoms with Crippen molar-refractivity contribution >= 4 is 11.6 Å². The number of oxazole rings is 1. The summed E-state index contributed by atoms with van der Waals surface area (Å²) in [5.41, 5.74) is 1.74. The molecule has 5 fully saturated rings. The smallest absolute Gasteiger partial charge is 0.408 e. The van der Waals surface area contributed by atoms with Gasteiger partial charge in [0, 0.05) is 55.3 Å². The quantitative estimate of drug-likeness (QED) is 0.324. The number of aromatic nitrogens is 3. The van der Waals surface area contributed by atoms with Gasteiger partial charge in [-0.15, -0.1) is 0 Å². The van der Waals surface area contributed by atoms with E-state index in [0.29, 0.717) is 37.1 Å². The predicted octanol–water partition coefficient (Wildman–Crippen LogP) is 5.83. The second-order valence-corrected chi connectivity index (χ2v) is 12.9. The molecule has 3 aromatic rings. The van der Waals surface area contributed by atoms with E-state index >= 15 is 0 Å². The van der Waals surface area contributed by atoms with Crippen molar-refractivity contribution in [2.75, 3.05) is 24.7 Å². The number of carbonyl (C=O) groups excluding carboxylic acids is 1. The van der Waals surface area contributed by atoms with Crippen LogP contribution in [0.2, 0.25) is 0 Å². The zero-order chi connectivity index (χ0) is 28.0. The summed E-state index contributed by atoms with van der Waals surface area (Å²) in [4.78, 5) is 33.1. The minimum atomic E-state index is -0.363. The van der Waals surface area contributed by atoms with Crippen molar-refractivity contribution < 1.29 is 18.5 Å². The van der Waals surface area contributed by atoms with E-state index in [-0.39, 0.29) is 22.5 Å². The Morgan fingerprint density at radius 1 is 1.07 bits per heavy atom. The number of amides is 1. The molecule has 0 spiro atoms. The lowest BCUT2D eigenvalue weighted by atomic mass is 9.53. The van der Waals surface area contributed by atoms with Crippen LogP contribution in [0.3, 0.4) is 0 Å². The summed E-state index contributed by atoms with van der Waals surface area (Å²) < 4.78 is 18.5. The van der Waals surface area contributed by atoms with E-state index in [1.54, 1.807) is 10.8 Å². The third-order valence-electron chi connectivity index (χ3n) is 10.3. The Bertz CT molecular complexity index is 1440. The Balaban J connectivity index is 1.14. The number of rotatable bonds is 9. The zero-order valence-electron chi connectivity index (χ0n) is 24.0. The molecule has 5 aliphatic rings. The topological polar surface area (TPSA) is 104 Å². The lowest BCUT2D eigenvalue weighted by molar-refractivity contribution is -0.121. The van der Waals surface area contributed by atoms with Crippen molar-refractivity contribution in [2.45, 2.75) is 95.4 Å². The fourth-order valence-corrected chi connectivity index (χ4v) is 7.30. The van der Waals surface area contributed by atoms with Crippen LogP contribution in [0.25, 0.3) is 11.3 Å². The number of aryl methyl sites for hydroxylation is 1. The number of benzene rings is 1. The Hall–Kier alpha value is -3.20. The van der Waals surface area contributed by atoms with Gasteiger partial charge in [0.25, 0.3) is 0 Å². The molecule has 0 radical (unpaired) electrons. The van der Waals surface area contributed by atoms with E-state index in [9.17, 15) is 9.59 Å². The largest absolute Gasteiger partial charge is 0.419 e. The summed E-state index contributed by atoms with van der Waals surface area (Å²) in [5.74, 6) is 2.91. The average molecular weight is 561 g/mol. The third kappa shape index (κ3) is 5.17. The first-order chi connectivity index (χ1) is 20.0. The summed E-state index contributed by atoms with van der Waals surface area (Å²) in [6.45, 7) is 4.62. The minimum absolute atomic E-state index is 0.0112. The van der Waals surface area contributed by atoms with Crippen LogP contribution in [-0.4, -0.2) is 40.4 Å². The maximum Gasteiger partial charge on any atom is 0.419 e. The van der Waals surface area contributed by atoms with Crippen LogP contribution >= 0.6 is 0 Å². The summed E-state index contributed by atoms with van der Waals surface area (Å²) >= 11 is 0. The van der Waals surface area contributed by atoms with Crippen molar-refractivity contribution in [3.8, 4) is 11.3 Å². The van der Waals surface area contributed by atoms with Crippen LogP contribution in [0.5, 0.6) is 0 Å². The SMILES string of the molecule is CCn1cc(-c2cccc(N(CC34CCC(c5nc(C6CC6)no5)(CC3)CC4)C(=O)CC3CCOCC3)c2)oc1=O. The molecule has 4 saturated carbocycles. The predicted molar refractivity (Wildman–Crippen MR) is 153 cm³/mol. The molecular formula is C32H40N4O5. The van der Waals surface area contributed by atoms with Crippen molar-refractivity contribution in [3.63, 3.8) is 0 Å². The Kier molecular flexibility index (Phi) is 6.88. The molecule has 3 heterocycles. The second-order valence-electron chi connectivity index (χ2n) is 12.9. The molecule has 2 bridgehead atoms. The van der Waals surface area contributed by atoms with Gasteiger partial charge in [-0.25, -0.2) is 4.79 Å². The highest BCUT2D eigenvalue weighted by molar-refractivity contribution is 5.94. The maximum absolute atomic E-state index is 14.0. The first kappa shape index (κ1) is 26.7. The standard InChI is InChI=1S/C32H40N4O5/c1-2-35-20-26(40-30(35)38)24-4-3-5-25(19-24)36(27(37)18-22-8-16-39-17-9-22)21-31-10-13-32(14-11-31,15-12-31)29-33-28(34-41-29)23-6-7-23/h3-5,19-20,22-23H,2,6-18,21H2,1H3. The van der Waals surface area contributed by atoms with Crippen LogP contribution in [0, 0.1) is 11.3 Å². The number of carbonyl (C=O) groups is 1. The molecule has 1 amide bonds. The lowest BCUT2D eigenvalue weighted by Crippen LogP contribution is -2.51. The molecule has 8 rings (SSSR count). The summed E-state index contributed by atoms with van der Waals surface area (Å²) in [5, 5.41) is 4.32. The van der Waals surface area contributed by atoms with E-state index in [0.717, 1.165) is 87.5 Å². The normalized spacial score (nSPS) is 26.4. The molecule has 1 aliphatic heterocycles. The van der Waals surface area contributed by atoms with E-state index in [1.807, 2.05) is 36.1 Å². The van der Waals surface area contributed by atoms with Crippen LogP contribution < -0.4 is 10.7 Å². The molecule has 1 saturated heterocycles. The number of anilines is 1. The van der Waals surface area contributed by atoms with Gasteiger partial charge < -0.3 is 18.6 Å². The highest BCUT2D eigenvalue weighted by Crippen LogP contribution is 2.58. The van der Waals surface area contributed by atoms with Crippen LogP contribution in [-0.2, 0) is 21.5 Å². The number of hydrogen-bond acceptors (Lipinski definition) is 7. The molecule has 218 valence electrons. The van der Waals surface area contributed by atoms with Crippen molar-refractivity contribution in [3.05, 3.63) is 52.7 Å². The molecule has 0 N–H and O–H groups in total. The van der Waals surface area contributed by atoms with Crippen LogP contribution in [0.1, 0.15) is 95.2 Å². The number of ether oxygens (including phenoxy) is 1. The van der Waals surface area contributed by atoms with Gasteiger partial charge in [-0.05, 0) is 94.6 Å². The molecule has 9 nitrogen and oxygen atoms in total. The van der Waals surface area contributed by atoms with Crippen molar-refractivity contribution in [1.29, 1.82) is 0 Å². The molecule has 41 heavy (non-hydrogen) atoms. The average Bonchev–Trinajstić information content (AvgIpc) is 3.61. The van der Waals surface area contributed by atoms with Gasteiger partial charge in [-0.2, -0.15) is 4.98 Å². The van der Waals surface area contributed by atoms with E-state index in [4.69, 9.17) is 18.7 Å². The second kappa shape index (κ2) is 10.6. The van der Waals surface area contributed by atoms with E-state index in [2.05, 4.69) is 5.16 Å². The Labute approximate surface area is 240 Å². The molecule has 0 atom stereocenters. The summed E-state index contributed by atoms with van der Waals surface area (Å²) in [6.07, 6.45) is 12.7. The van der Waals surface area contributed by atoms with Gasteiger partial charge in [-0.1, -0.05) is 17.3 Å². The highest BCUT2D eigenvalue weighted by atomic mass is 16.5. The molecular weight excluding hydrogens is 520 g/mol. The number of nitrogens with zero attached hydrogens (tertiary/aromatic N) is 4. The van der Waals surface area contributed by atoms with Crippen molar-refractivity contribution in [1.82, 2.24) is 14.7 Å². The maximum atomic E-state index is 14.0. The number of fused-ring (bicyclic) bond motifs is 3. The Morgan fingerprint density at radius 3 is 2.51 bits per heavy atom. The van der Waals surface area contributed by atoms with Crippen molar-refractivity contribution in [2.24, 2.45) is 11.3 Å². The number of hydrogen-bond donors (Lipinski definition) is 0. The van der Waals surface area contributed by atoms with Gasteiger partial charge in [0.2, 0.25) is 11.8 Å². The fraction of sp³-hybridized carbons (Fsp3) is 0.625. The van der Waals surface area contributed by atoms with Gasteiger partial charge in [-0.3, -0.25) is 9.36 Å². The first-order valence-corrected chi connectivity index (χ1v) is 15.5. The minimum Gasteiger partial charge on any atom is -0.408 e. The summed E-state index contributed by atoms with van der Waals surface area (Å²) in [7, 11) is 0. The van der Waals surface area contributed by atoms with Gasteiger partial charge in [0.15, 0.2) is 11.6 Å². The van der Waals surface area contributed by atoms with Crippen LogP contribution in [0.15, 0.2) is 44.2 Å². The van der Waals surface area contributed by atoms with E-state index in [1.165, 1.54) is 12.8 Å². The van der Waals surface area contributed by atoms with E-state index < -0.39 is 0 Å². The molecule has 4 aliphatic carbocycles. The molecule has 9 heteroatoms. The molecule has 2 aromatic heterocycles. The fourth-order valence-electron chi connectivity index (χ4n) is 7.30. The first-order valence-electron chi connectivity index (χ1n) is 15.5. The highest BCUT2D eigenvalue weighted by Gasteiger charge is 2.53. The molecule has 0 unspecified atom stereocenters. The molecule has 1 aromatic carbocycles. The lowest BCUT2D eigenvalue weighted by Gasteiger charge is -2.53. The Morgan fingerprint density at radius 2 is 1.83 bits per heavy atom. The summed E-state index contributed by atoms with van der Waals surface area (Å²) in [6, 6.07) is 7.92. The zero-order valence-corrected chi connectivity index (χ0v) is 24.0.